The van der Waals surface area contributed by atoms with Crippen LogP contribution in [0.15, 0.2) is 39.9 Å². The highest BCUT2D eigenvalue weighted by Gasteiger charge is 2.22. The zero-order valence-corrected chi connectivity index (χ0v) is 16.7. The van der Waals surface area contributed by atoms with Crippen molar-refractivity contribution in [3.05, 3.63) is 73.8 Å². The third kappa shape index (κ3) is 3.20. The fraction of sp³-hybridized carbons (Fsp3) is 0.333. The number of benzene rings is 1. The van der Waals surface area contributed by atoms with Gasteiger partial charge < -0.3 is 5.32 Å². The molecular formula is C21H23N5O3. The molecule has 0 spiro atoms. The number of anilines is 1. The Morgan fingerprint density at radius 1 is 1.10 bits per heavy atom. The lowest BCUT2D eigenvalue weighted by Gasteiger charge is -2.11. The SMILES string of the molecule is Cc1nc2c(c(=O)n1CC(=O)Nc1c(C)n(C)n(-c3ccccc3)c1=O)CCC2. The van der Waals surface area contributed by atoms with Crippen molar-refractivity contribution in [2.24, 2.45) is 7.05 Å². The first-order valence-corrected chi connectivity index (χ1v) is 9.61. The maximum Gasteiger partial charge on any atom is 0.295 e. The number of rotatable bonds is 4. The number of hydrogen-bond donors (Lipinski definition) is 1. The topological polar surface area (TPSA) is 90.9 Å². The van der Waals surface area contributed by atoms with Gasteiger partial charge in [0.1, 0.15) is 18.1 Å². The van der Waals surface area contributed by atoms with Crippen LogP contribution in [0.3, 0.4) is 0 Å². The van der Waals surface area contributed by atoms with E-state index in [9.17, 15) is 14.4 Å². The Morgan fingerprint density at radius 2 is 1.83 bits per heavy atom. The second-order valence-corrected chi connectivity index (χ2v) is 7.31. The van der Waals surface area contributed by atoms with Crippen molar-refractivity contribution in [3.8, 4) is 5.69 Å². The number of aryl methyl sites for hydroxylation is 2. The fourth-order valence-electron chi connectivity index (χ4n) is 3.87. The van der Waals surface area contributed by atoms with Gasteiger partial charge in [0.05, 0.1) is 17.1 Å². The van der Waals surface area contributed by atoms with Crippen LogP contribution in [0.2, 0.25) is 0 Å². The summed E-state index contributed by atoms with van der Waals surface area (Å²) in [6.45, 7) is 3.32. The summed E-state index contributed by atoms with van der Waals surface area (Å²) in [4.78, 5) is 42.8. The minimum Gasteiger partial charge on any atom is -0.318 e. The van der Waals surface area contributed by atoms with Crippen molar-refractivity contribution >= 4 is 11.6 Å². The molecule has 0 saturated heterocycles. The molecule has 1 aliphatic carbocycles. The zero-order valence-electron chi connectivity index (χ0n) is 16.7. The van der Waals surface area contributed by atoms with Gasteiger partial charge in [-0.3, -0.25) is 23.6 Å². The predicted molar refractivity (Wildman–Crippen MR) is 110 cm³/mol. The van der Waals surface area contributed by atoms with Crippen molar-refractivity contribution < 1.29 is 4.79 Å². The van der Waals surface area contributed by atoms with E-state index in [0.717, 1.165) is 18.5 Å². The van der Waals surface area contributed by atoms with Gasteiger partial charge >= 0.3 is 0 Å². The van der Waals surface area contributed by atoms with Gasteiger partial charge in [-0.05, 0) is 45.2 Å². The van der Waals surface area contributed by atoms with Crippen LogP contribution < -0.4 is 16.4 Å². The average Bonchev–Trinajstić information content (AvgIpc) is 3.25. The Balaban J connectivity index is 1.64. The fourth-order valence-corrected chi connectivity index (χ4v) is 3.87. The summed E-state index contributed by atoms with van der Waals surface area (Å²) in [5.74, 6) is 0.0817. The van der Waals surface area contributed by atoms with Crippen LogP contribution in [-0.4, -0.2) is 24.8 Å². The van der Waals surface area contributed by atoms with E-state index in [0.29, 0.717) is 29.2 Å². The molecule has 8 nitrogen and oxygen atoms in total. The number of nitrogens with one attached hydrogen (secondary N) is 1. The molecule has 0 saturated carbocycles. The van der Waals surface area contributed by atoms with Crippen LogP contribution >= 0.6 is 0 Å². The summed E-state index contributed by atoms with van der Waals surface area (Å²) in [5.41, 5.74) is 2.61. The number of carbonyl (C=O) groups excluding carboxylic acids is 1. The second-order valence-electron chi connectivity index (χ2n) is 7.31. The lowest BCUT2D eigenvalue weighted by molar-refractivity contribution is -0.116. The first kappa shape index (κ1) is 18.9. The van der Waals surface area contributed by atoms with Gasteiger partial charge in [-0.25, -0.2) is 9.67 Å². The van der Waals surface area contributed by atoms with Gasteiger partial charge in [0, 0.05) is 12.6 Å². The largest absolute Gasteiger partial charge is 0.318 e. The van der Waals surface area contributed by atoms with Crippen LogP contribution in [-0.2, 0) is 31.2 Å². The Hall–Kier alpha value is -3.42. The number of para-hydroxylation sites is 1. The lowest BCUT2D eigenvalue weighted by Crippen LogP contribution is -2.33. The monoisotopic (exact) mass is 393 g/mol. The molecule has 150 valence electrons. The molecule has 1 aromatic carbocycles. The van der Waals surface area contributed by atoms with Crippen molar-refractivity contribution in [1.82, 2.24) is 18.9 Å². The summed E-state index contributed by atoms with van der Waals surface area (Å²) < 4.78 is 4.58. The Bertz CT molecular complexity index is 1220. The molecule has 0 fully saturated rings. The molecule has 3 aromatic rings. The van der Waals surface area contributed by atoms with Crippen molar-refractivity contribution in [2.45, 2.75) is 39.7 Å². The number of carbonyl (C=O) groups is 1. The van der Waals surface area contributed by atoms with Gasteiger partial charge in [0.2, 0.25) is 5.91 Å². The first-order valence-electron chi connectivity index (χ1n) is 9.61. The minimum atomic E-state index is -0.430. The van der Waals surface area contributed by atoms with E-state index in [1.807, 2.05) is 30.3 Å². The smallest absolute Gasteiger partial charge is 0.295 e. The van der Waals surface area contributed by atoms with Crippen LogP contribution in [0.5, 0.6) is 0 Å². The third-order valence-corrected chi connectivity index (χ3v) is 5.50. The van der Waals surface area contributed by atoms with E-state index in [1.165, 1.54) is 9.25 Å². The van der Waals surface area contributed by atoms with E-state index < -0.39 is 5.91 Å². The molecule has 29 heavy (non-hydrogen) atoms. The average molecular weight is 393 g/mol. The molecule has 0 radical (unpaired) electrons. The van der Waals surface area contributed by atoms with Gasteiger partial charge in [-0.2, -0.15) is 0 Å². The first-order chi connectivity index (χ1) is 13.9. The maximum atomic E-state index is 12.9. The third-order valence-electron chi connectivity index (χ3n) is 5.50. The van der Waals surface area contributed by atoms with Crippen LogP contribution in [0.25, 0.3) is 5.69 Å². The number of nitrogens with zero attached hydrogens (tertiary/aromatic N) is 4. The summed E-state index contributed by atoms with van der Waals surface area (Å²) in [5, 5.41) is 2.70. The summed E-state index contributed by atoms with van der Waals surface area (Å²) in [6.07, 6.45) is 2.42. The van der Waals surface area contributed by atoms with E-state index in [2.05, 4.69) is 10.3 Å². The molecule has 4 rings (SSSR count). The molecule has 8 heteroatoms. The van der Waals surface area contributed by atoms with E-state index in [4.69, 9.17) is 0 Å². The molecule has 2 aromatic heterocycles. The summed E-state index contributed by atoms with van der Waals surface area (Å²) in [6, 6.07) is 9.21. The number of aromatic nitrogens is 4. The van der Waals surface area contributed by atoms with Gasteiger partial charge in [-0.1, -0.05) is 18.2 Å². The number of amides is 1. The predicted octanol–water partition coefficient (Wildman–Crippen LogP) is 1.48. The number of fused-ring (bicyclic) bond motifs is 1. The van der Waals surface area contributed by atoms with Crippen LogP contribution in [0.1, 0.15) is 29.2 Å². The number of hydrogen-bond acceptors (Lipinski definition) is 4. The molecule has 1 amide bonds. The highest BCUT2D eigenvalue weighted by molar-refractivity contribution is 5.91. The Kier molecular flexibility index (Phi) is 4.70. The zero-order chi connectivity index (χ0) is 20.7. The molecule has 0 atom stereocenters. The van der Waals surface area contributed by atoms with Crippen LogP contribution in [0.4, 0.5) is 5.69 Å². The molecule has 1 aliphatic rings. The Morgan fingerprint density at radius 3 is 2.55 bits per heavy atom. The Labute approximate surface area is 167 Å². The summed E-state index contributed by atoms with van der Waals surface area (Å²) >= 11 is 0. The van der Waals surface area contributed by atoms with Gasteiger partial charge in [0.15, 0.2) is 0 Å². The molecule has 0 unspecified atom stereocenters. The molecule has 1 N–H and O–H groups in total. The highest BCUT2D eigenvalue weighted by atomic mass is 16.2. The maximum absolute atomic E-state index is 12.9. The second kappa shape index (κ2) is 7.20. The van der Waals surface area contributed by atoms with Gasteiger partial charge in [0.25, 0.3) is 11.1 Å². The van der Waals surface area contributed by atoms with Crippen molar-refractivity contribution in [1.29, 1.82) is 0 Å². The highest BCUT2D eigenvalue weighted by Crippen LogP contribution is 2.17. The van der Waals surface area contributed by atoms with Crippen molar-refractivity contribution in [2.75, 3.05) is 5.32 Å². The van der Waals surface area contributed by atoms with E-state index in [-0.39, 0.29) is 23.4 Å². The van der Waals surface area contributed by atoms with Crippen LogP contribution in [0, 0.1) is 13.8 Å². The standard InChI is InChI=1S/C21H23N5O3/c1-13-19(21(29)26(24(13)3)15-8-5-4-6-9-15)23-18(27)12-25-14(2)22-17-11-7-10-16(17)20(25)28/h4-6,8-9H,7,10-12H2,1-3H3,(H,23,27). The van der Waals surface area contributed by atoms with E-state index >= 15 is 0 Å². The quantitative estimate of drug-likeness (QED) is 0.727. The van der Waals surface area contributed by atoms with E-state index in [1.54, 1.807) is 25.6 Å². The normalized spacial score (nSPS) is 12.8. The molecular weight excluding hydrogens is 370 g/mol. The van der Waals surface area contributed by atoms with Crippen molar-refractivity contribution in [3.63, 3.8) is 0 Å². The molecule has 2 heterocycles. The minimum absolute atomic E-state index is 0.161. The summed E-state index contributed by atoms with van der Waals surface area (Å²) in [7, 11) is 1.76. The molecule has 0 aliphatic heterocycles. The lowest BCUT2D eigenvalue weighted by atomic mass is 10.2. The van der Waals surface area contributed by atoms with Gasteiger partial charge in [-0.15, -0.1) is 0 Å². The molecule has 0 bridgehead atoms.